The summed E-state index contributed by atoms with van der Waals surface area (Å²) in [5.74, 6) is 2.25. The van der Waals surface area contributed by atoms with Crippen LogP contribution in [0.25, 0.3) is 0 Å². The second kappa shape index (κ2) is 9.32. The predicted molar refractivity (Wildman–Crippen MR) is 128 cm³/mol. The van der Waals surface area contributed by atoms with Gasteiger partial charge in [0.15, 0.2) is 9.84 Å². The lowest BCUT2D eigenvalue weighted by Gasteiger charge is -2.36. The molecule has 0 N–H and O–H groups in total. The number of nitro benzene ring substituents is 1. The summed E-state index contributed by atoms with van der Waals surface area (Å²) in [6.07, 6.45) is 1.02. The van der Waals surface area contributed by atoms with Crippen molar-refractivity contribution in [3.05, 3.63) is 63.7 Å². The molecule has 1 amide bonds. The maximum atomic E-state index is 12.9. The quantitative estimate of drug-likeness (QED) is 0.461. The van der Waals surface area contributed by atoms with Gasteiger partial charge in [0.05, 0.1) is 14.4 Å². The largest absolute Gasteiger partial charge is 0.362 e. The Morgan fingerprint density at radius 1 is 1.03 bits per heavy atom. The number of nitrogens with zero attached hydrogens (tertiary/aromatic N) is 3. The first-order chi connectivity index (χ1) is 15.2. The van der Waals surface area contributed by atoms with Crippen LogP contribution in [0.5, 0.6) is 0 Å². The van der Waals surface area contributed by atoms with Gasteiger partial charge in [0, 0.05) is 55.6 Å². The molecule has 0 unspecified atom stereocenters. The number of hydrogen-bond donors (Lipinski definition) is 0. The fraction of sp³-hybridized carbons (Fsp3) is 0.381. The number of piperazine rings is 1. The summed E-state index contributed by atoms with van der Waals surface area (Å²) >= 11 is 3.84. The smallest absolute Gasteiger partial charge is 0.293 e. The molecule has 2 aromatic carbocycles. The van der Waals surface area contributed by atoms with E-state index in [4.69, 9.17) is 0 Å². The molecule has 2 saturated heterocycles. The van der Waals surface area contributed by atoms with E-state index >= 15 is 0 Å². The van der Waals surface area contributed by atoms with E-state index in [1.807, 2.05) is 52.7 Å². The molecule has 0 aliphatic carbocycles. The number of thioether (sulfide) groups is 2. The Kier molecular flexibility index (Phi) is 6.68. The van der Waals surface area contributed by atoms with Gasteiger partial charge in [-0.15, -0.1) is 23.5 Å². The van der Waals surface area contributed by atoms with Crippen molar-refractivity contribution in [3.63, 3.8) is 0 Å². The Morgan fingerprint density at radius 3 is 2.22 bits per heavy atom. The highest BCUT2D eigenvalue weighted by molar-refractivity contribution is 8.19. The van der Waals surface area contributed by atoms with Crippen molar-refractivity contribution in [2.45, 2.75) is 9.48 Å². The lowest BCUT2D eigenvalue weighted by Crippen LogP contribution is -2.49. The van der Waals surface area contributed by atoms with Gasteiger partial charge in [0.2, 0.25) is 0 Å². The minimum absolute atomic E-state index is 0.0511. The summed E-state index contributed by atoms with van der Waals surface area (Å²) in [7, 11) is -3.54. The van der Waals surface area contributed by atoms with Gasteiger partial charge < -0.3 is 9.80 Å². The molecule has 2 fully saturated rings. The normalized spacial score (nSPS) is 17.5. The Balaban J connectivity index is 1.44. The Bertz CT molecular complexity index is 1120. The van der Waals surface area contributed by atoms with Gasteiger partial charge in [-0.3, -0.25) is 14.9 Å². The second-order valence-corrected chi connectivity index (χ2v) is 12.4. The molecule has 0 radical (unpaired) electrons. The molecule has 32 heavy (non-hydrogen) atoms. The highest BCUT2D eigenvalue weighted by Gasteiger charge is 2.28. The van der Waals surface area contributed by atoms with Crippen LogP contribution in [0, 0.1) is 10.1 Å². The van der Waals surface area contributed by atoms with E-state index < -0.39 is 14.8 Å². The molecule has 8 nitrogen and oxygen atoms in total. The van der Waals surface area contributed by atoms with Crippen molar-refractivity contribution in [1.82, 2.24) is 4.90 Å². The minimum Gasteiger partial charge on any atom is -0.362 e. The average Bonchev–Trinajstić information content (AvgIpc) is 3.33. The zero-order chi connectivity index (χ0) is 22.9. The first-order valence-corrected chi connectivity index (χ1v) is 14.1. The molecular weight excluding hydrogens is 470 g/mol. The van der Waals surface area contributed by atoms with Crippen molar-refractivity contribution in [1.29, 1.82) is 0 Å². The van der Waals surface area contributed by atoms with Crippen molar-refractivity contribution < 1.29 is 18.1 Å². The maximum absolute atomic E-state index is 12.9. The van der Waals surface area contributed by atoms with E-state index in [2.05, 4.69) is 0 Å². The van der Waals surface area contributed by atoms with Crippen LogP contribution < -0.4 is 4.90 Å². The molecule has 0 atom stereocenters. The Labute approximate surface area is 195 Å². The number of rotatable bonds is 5. The zero-order valence-corrected chi connectivity index (χ0v) is 19.9. The number of anilines is 1. The standard InChI is InChI=1S/C21H23N3O5S3/c1-32(28,29)17-6-7-18(19(14-17)24(26)27)22-8-10-23(11-9-22)20(25)15-2-4-16(5-3-15)21-30-12-13-31-21/h2-7,14,21H,8-13H2,1H3. The van der Waals surface area contributed by atoms with Gasteiger partial charge in [-0.05, 0) is 29.8 Å². The van der Waals surface area contributed by atoms with Crippen LogP contribution in [0.4, 0.5) is 11.4 Å². The monoisotopic (exact) mass is 493 g/mol. The zero-order valence-electron chi connectivity index (χ0n) is 17.5. The summed E-state index contributed by atoms with van der Waals surface area (Å²) < 4.78 is 24.0. The van der Waals surface area contributed by atoms with Gasteiger partial charge in [-0.2, -0.15) is 0 Å². The Hall–Kier alpha value is -2.24. The fourth-order valence-corrected chi connectivity index (χ4v) is 7.31. The number of sulfone groups is 1. The van der Waals surface area contributed by atoms with Crippen molar-refractivity contribution >= 4 is 50.6 Å². The van der Waals surface area contributed by atoms with Gasteiger partial charge in [0.1, 0.15) is 5.69 Å². The van der Waals surface area contributed by atoms with E-state index in [0.29, 0.717) is 42.0 Å². The number of hydrogen-bond acceptors (Lipinski definition) is 8. The van der Waals surface area contributed by atoms with Crippen molar-refractivity contribution in [2.75, 3.05) is 48.8 Å². The molecule has 2 aliphatic rings. The summed E-state index contributed by atoms with van der Waals surface area (Å²) in [6, 6.07) is 11.8. The molecule has 0 bridgehead atoms. The minimum atomic E-state index is -3.54. The number of benzene rings is 2. The van der Waals surface area contributed by atoms with Crippen LogP contribution in [0.1, 0.15) is 20.5 Å². The third kappa shape index (κ3) is 4.89. The molecule has 4 rings (SSSR count). The van der Waals surface area contributed by atoms with E-state index in [0.717, 1.165) is 23.8 Å². The van der Waals surface area contributed by atoms with Crippen LogP contribution in [-0.4, -0.2) is 68.1 Å². The van der Waals surface area contributed by atoms with Crippen LogP contribution in [0.15, 0.2) is 47.4 Å². The van der Waals surface area contributed by atoms with Gasteiger partial charge in [0.25, 0.3) is 11.6 Å². The molecule has 170 valence electrons. The molecule has 0 aromatic heterocycles. The number of amides is 1. The topological polar surface area (TPSA) is 101 Å². The summed E-state index contributed by atoms with van der Waals surface area (Å²) in [5.41, 5.74) is 1.98. The summed E-state index contributed by atoms with van der Waals surface area (Å²) in [5, 5.41) is 11.5. The number of nitro groups is 1. The first-order valence-electron chi connectivity index (χ1n) is 10.1. The van der Waals surface area contributed by atoms with Crippen molar-refractivity contribution in [2.24, 2.45) is 0 Å². The maximum Gasteiger partial charge on any atom is 0.293 e. The van der Waals surface area contributed by atoms with E-state index in [1.54, 1.807) is 4.90 Å². The third-order valence-corrected chi connectivity index (χ3v) is 9.75. The molecule has 0 saturated carbocycles. The third-order valence-electron chi connectivity index (χ3n) is 5.53. The first kappa shape index (κ1) is 22.9. The van der Waals surface area contributed by atoms with Crippen LogP contribution in [0.2, 0.25) is 0 Å². The molecule has 11 heteroatoms. The lowest BCUT2D eigenvalue weighted by atomic mass is 10.1. The predicted octanol–water partition coefficient (Wildman–Crippen LogP) is 3.44. The van der Waals surface area contributed by atoms with Gasteiger partial charge in [-0.1, -0.05) is 12.1 Å². The highest BCUT2D eigenvalue weighted by atomic mass is 32.2. The number of carbonyl (C=O) groups excluding carboxylic acids is 1. The van der Waals surface area contributed by atoms with E-state index in [-0.39, 0.29) is 16.5 Å². The fourth-order valence-electron chi connectivity index (χ4n) is 3.81. The molecular formula is C21H23N3O5S3. The molecule has 0 spiro atoms. The molecule has 2 heterocycles. The number of carbonyl (C=O) groups is 1. The van der Waals surface area contributed by atoms with Gasteiger partial charge >= 0.3 is 0 Å². The summed E-state index contributed by atoms with van der Waals surface area (Å²) in [4.78, 5) is 27.4. The second-order valence-electron chi connectivity index (χ2n) is 7.65. The van der Waals surface area contributed by atoms with Gasteiger partial charge in [-0.25, -0.2) is 8.42 Å². The van der Waals surface area contributed by atoms with E-state index in [9.17, 15) is 23.3 Å². The van der Waals surface area contributed by atoms with E-state index in [1.165, 1.54) is 17.7 Å². The molecule has 2 aromatic rings. The average molecular weight is 494 g/mol. The van der Waals surface area contributed by atoms with Crippen LogP contribution in [-0.2, 0) is 9.84 Å². The molecule has 2 aliphatic heterocycles. The van der Waals surface area contributed by atoms with Crippen LogP contribution in [0.3, 0.4) is 0 Å². The van der Waals surface area contributed by atoms with Crippen molar-refractivity contribution in [3.8, 4) is 0 Å². The highest BCUT2D eigenvalue weighted by Crippen LogP contribution is 2.45. The summed E-state index contributed by atoms with van der Waals surface area (Å²) in [6.45, 7) is 1.72. The van der Waals surface area contributed by atoms with Crippen LogP contribution >= 0.6 is 23.5 Å². The lowest BCUT2D eigenvalue weighted by molar-refractivity contribution is -0.384. The Morgan fingerprint density at radius 2 is 1.66 bits per heavy atom. The SMILES string of the molecule is CS(=O)(=O)c1ccc(N2CCN(C(=O)c3ccc(C4SCCS4)cc3)CC2)c([N+](=O)[O-])c1.